The van der Waals surface area contributed by atoms with Crippen LogP contribution in [-0.4, -0.2) is 11.0 Å². The number of para-hydroxylation sites is 1. The fraction of sp³-hybridized carbons (Fsp3) is 0.250. The fourth-order valence-corrected chi connectivity index (χ4v) is 2.80. The molecule has 0 radical (unpaired) electrons. The Labute approximate surface area is 117 Å². The minimum absolute atomic E-state index is 0.190. The molecule has 2 aromatic rings. The van der Waals surface area contributed by atoms with Crippen LogP contribution in [0.15, 0.2) is 48.5 Å². The summed E-state index contributed by atoms with van der Waals surface area (Å²) in [6, 6.07) is 15.7. The molecule has 1 N–H and O–H groups in total. The third-order valence-corrected chi connectivity index (χ3v) is 3.82. The van der Waals surface area contributed by atoms with Crippen molar-refractivity contribution in [3.63, 3.8) is 0 Å². The summed E-state index contributed by atoms with van der Waals surface area (Å²) in [6.45, 7) is 0.538. The molecule has 0 spiro atoms. The van der Waals surface area contributed by atoms with Crippen LogP contribution in [0, 0.1) is 10.1 Å². The zero-order valence-electron chi connectivity index (χ0n) is 11.1. The average Bonchev–Trinajstić information content (AvgIpc) is 2.88. The van der Waals surface area contributed by atoms with Crippen molar-refractivity contribution >= 4 is 5.69 Å². The first-order chi connectivity index (χ1) is 9.74. The Morgan fingerprint density at radius 2 is 1.65 bits per heavy atom. The molecule has 0 unspecified atom stereocenters. The second kappa shape index (κ2) is 5.43. The lowest BCUT2D eigenvalue weighted by Crippen LogP contribution is -2.29. The first kappa shape index (κ1) is 12.8. The van der Waals surface area contributed by atoms with Gasteiger partial charge in [0, 0.05) is 24.2 Å². The average molecular weight is 268 g/mol. The highest BCUT2D eigenvalue weighted by Crippen LogP contribution is 2.23. The van der Waals surface area contributed by atoms with Crippen LogP contribution in [0.1, 0.15) is 16.7 Å². The van der Waals surface area contributed by atoms with Gasteiger partial charge < -0.3 is 5.32 Å². The third kappa shape index (κ3) is 2.56. The molecule has 3 rings (SSSR count). The summed E-state index contributed by atoms with van der Waals surface area (Å²) in [7, 11) is 0. The number of nitrogens with one attached hydrogen (secondary N) is 1. The van der Waals surface area contributed by atoms with E-state index < -0.39 is 0 Å². The van der Waals surface area contributed by atoms with Crippen LogP contribution < -0.4 is 5.32 Å². The van der Waals surface area contributed by atoms with Gasteiger partial charge in [0.2, 0.25) is 0 Å². The molecule has 0 atom stereocenters. The Balaban J connectivity index is 1.66. The van der Waals surface area contributed by atoms with Crippen molar-refractivity contribution in [3.05, 3.63) is 75.3 Å². The number of hydrogen-bond donors (Lipinski definition) is 1. The number of fused-ring (bicyclic) bond motifs is 1. The van der Waals surface area contributed by atoms with Gasteiger partial charge in [0.25, 0.3) is 5.69 Å². The van der Waals surface area contributed by atoms with Crippen LogP contribution in [0.4, 0.5) is 5.69 Å². The third-order valence-electron chi connectivity index (χ3n) is 3.82. The van der Waals surface area contributed by atoms with Gasteiger partial charge >= 0.3 is 0 Å². The van der Waals surface area contributed by atoms with E-state index in [4.69, 9.17) is 0 Å². The molecule has 0 fully saturated rings. The van der Waals surface area contributed by atoms with Crippen LogP contribution in [-0.2, 0) is 19.4 Å². The summed E-state index contributed by atoms with van der Waals surface area (Å²) in [6.07, 6.45) is 1.99. The van der Waals surface area contributed by atoms with Crippen LogP contribution in [0.3, 0.4) is 0 Å². The monoisotopic (exact) mass is 268 g/mol. The molecule has 0 aliphatic heterocycles. The normalized spacial score (nSPS) is 14.2. The van der Waals surface area contributed by atoms with Gasteiger partial charge in [-0.05, 0) is 24.0 Å². The van der Waals surface area contributed by atoms with E-state index in [1.165, 1.54) is 11.1 Å². The molecular weight excluding hydrogens is 252 g/mol. The second-order valence-electron chi connectivity index (χ2n) is 5.14. The van der Waals surface area contributed by atoms with Crippen molar-refractivity contribution < 1.29 is 4.92 Å². The van der Waals surface area contributed by atoms with Gasteiger partial charge in [-0.25, -0.2) is 0 Å². The van der Waals surface area contributed by atoms with Crippen molar-refractivity contribution in [1.82, 2.24) is 5.32 Å². The van der Waals surface area contributed by atoms with Crippen LogP contribution in [0.2, 0.25) is 0 Å². The lowest BCUT2D eigenvalue weighted by atomic mass is 10.1. The van der Waals surface area contributed by atoms with Crippen molar-refractivity contribution in [2.24, 2.45) is 0 Å². The quantitative estimate of drug-likeness (QED) is 0.685. The zero-order valence-corrected chi connectivity index (χ0v) is 11.1. The van der Waals surface area contributed by atoms with E-state index >= 15 is 0 Å². The Hall–Kier alpha value is -2.20. The molecule has 4 heteroatoms. The standard InChI is InChI=1S/C16H16N2O2/c19-18(20)16-8-4-3-7-14(16)11-17-15-9-12-5-1-2-6-13(12)10-15/h1-8,15,17H,9-11H2. The maximum Gasteiger partial charge on any atom is 0.273 e. The highest BCUT2D eigenvalue weighted by molar-refractivity contribution is 5.40. The van der Waals surface area contributed by atoms with Crippen molar-refractivity contribution in [1.29, 1.82) is 0 Å². The SMILES string of the molecule is O=[N+]([O-])c1ccccc1CNC1Cc2ccccc2C1. The molecular formula is C16H16N2O2. The van der Waals surface area contributed by atoms with Crippen molar-refractivity contribution in [2.45, 2.75) is 25.4 Å². The lowest BCUT2D eigenvalue weighted by molar-refractivity contribution is -0.385. The summed E-state index contributed by atoms with van der Waals surface area (Å²) in [5, 5.41) is 14.4. The van der Waals surface area contributed by atoms with E-state index in [2.05, 4.69) is 29.6 Å². The Kier molecular flexibility index (Phi) is 3.48. The second-order valence-corrected chi connectivity index (χ2v) is 5.14. The number of nitro groups is 1. The van der Waals surface area contributed by atoms with Gasteiger partial charge in [0.15, 0.2) is 0 Å². The van der Waals surface area contributed by atoms with Gasteiger partial charge in [-0.1, -0.05) is 42.5 Å². The molecule has 0 heterocycles. The molecule has 0 saturated heterocycles. The Bertz CT molecular complexity index is 615. The van der Waals surface area contributed by atoms with Crippen LogP contribution in [0.5, 0.6) is 0 Å². The van der Waals surface area contributed by atoms with E-state index in [9.17, 15) is 10.1 Å². The summed E-state index contributed by atoms with van der Waals surface area (Å²) in [5.74, 6) is 0. The maximum atomic E-state index is 11.0. The first-order valence-electron chi connectivity index (χ1n) is 6.76. The zero-order chi connectivity index (χ0) is 13.9. The maximum absolute atomic E-state index is 11.0. The van der Waals surface area contributed by atoms with E-state index in [1.54, 1.807) is 12.1 Å². The minimum Gasteiger partial charge on any atom is -0.309 e. The van der Waals surface area contributed by atoms with Crippen molar-refractivity contribution in [2.75, 3.05) is 0 Å². The summed E-state index contributed by atoms with van der Waals surface area (Å²) >= 11 is 0. The fourth-order valence-electron chi connectivity index (χ4n) is 2.80. The van der Waals surface area contributed by atoms with Gasteiger partial charge in [-0.2, -0.15) is 0 Å². The lowest BCUT2D eigenvalue weighted by Gasteiger charge is -2.12. The number of benzene rings is 2. The van der Waals surface area contributed by atoms with Gasteiger partial charge in [-0.15, -0.1) is 0 Å². The highest BCUT2D eigenvalue weighted by atomic mass is 16.6. The Morgan fingerprint density at radius 1 is 1.05 bits per heavy atom. The highest BCUT2D eigenvalue weighted by Gasteiger charge is 2.21. The molecule has 2 aromatic carbocycles. The molecule has 0 bridgehead atoms. The topological polar surface area (TPSA) is 55.2 Å². The predicted molar refractivity (Wildman–Crippen MR) is 77.6 cm³/mol. The van der Waals surface area contributed by atoms with Crippen LogP contribution in [0.25, 0.3) is 0 Å². The van der Waals surface area contributed by atoms with E-state index in [0.29, 0.717) is 12.6 Å². The Morgan fingerprint density at radius 3 is 2.30 bits per heavy atom. The predicted octanol–water partition coefficient (Wildman–Crippen LogP) is 2.85. The molecule has 0 saturated carbocycles. The number of hydrogen-bond acceptors (Lipinski definition) is 3. The molecule has 0 aromatic heterocycles. The molecule has 1 aliphatic rings. The number of rotatable bonds is 4. The molecule has 0 amide bonds. The molecule has 1 aliphatic carbocycles. The van der Waals surface area contributed by atoms with E-state index in [-0.39, 0.29) is 10.6 Å². The summed E-state index contributed by atoms with van der Waals surface area (Å²) in [4.78, 5) is 10.7. The smallest absolute Gasteiger partial charge is 0.273 e. The van der Waals surface area contributed by atoms with Gasteiger partial charge in [-0.3, -0.25) is 10.1 Å². The van der Waals surface area contributed by atoms with Gasteiger partial charge in [0.1, 0.15) is 0 Å². The number of nitro benzene ring substituents is 1. The summed E-state index contributed by atoms with van der Waals surface area (Å²) in [5.41, 5.74) is 3.70. The molecule has 20 heavy (non-hydrogen) atoms. The van der Waals surface area contributed by atoms with E-state index in [0.717, 1.165) is 18.4 Å². The minimum atomic E-state index is -0.319. The molecule has 102 valence electrons. The number of nitrogens with zero attached hydrogens (tertiary/aromatic N) is 1. The largest absolute Gasteiger partial charge is 0.309 e. The van der Waals surface area contributed by atoms with Crippen LogP contribution >= 0.6 is 0 Å². The van der Waals surface area contributed by atoms with Crippen molar-refractivity contribution in [3.8, 4) is 0 Å². The van der Waals surface area contributed by atoms with E-state index in [1.807, 2.05) is 12.1 Å². The van der Waals surface area contributed by atoms with Gasteiger partial charge in [0.05, 0.1) is 4.92 Å². The molecule has 4 nitrogen and oxygen atoms in total. The first-order valence-corrected chi connectivity index (χ1v) is 6.76. The summed E-state index contributed by atoms with van der Waals surface area (Å²) < 4.78 is 0.